The number of hydrogen-bond acceptors (Lipinski definition) is 5. The first kappa shape index (κ1) is 22.1. The van der Waals surface area contributed by atoms with Crippen LogP contribution in [-0.2, 0) is 19.6 Å². The minimum atomic E-state index is -0.283. The van der Waals surface area contributed by atoms with Crippen molar-refractivity contribution in [3.05, 3.63) is 46.3 Å². The summed E-state index contributed by atoms with van der Waals surface area (Å²) < 4.78 is 19.5. The molecule has 3 unspecified atom stereocenters. The molecule has 27 heavy (non-hydrogen) atoms. The third-order valence-electron chi connectivity index (χ3n) is 5.59. The SMILES string of the molecule is CC1CCCC(N(Cc2noc(CN)n2)Cc2c(F)cccc2Cl)C1C.Cl. The third kappa shape index (κ3) is 5.19. The van der Waals surface area contributed by atoms with Crippen LogP contribution in [0.1, 0.15) is 50.4 Å². The van der Waals surface area contributed by atoms with Crippen LogP contribution in [-0.4, -0.2) is 21.1 Å². The molecule has 0 aliphatic heterocycles. The van der Waals surface area contributed by atoms with Crippen LogP contribution in [0.25, 0.3) is 0 Å². The first-order chi connectivity index (χ1) is 12.5. The lowest BCUT2D eigenvalue weighted by Crippen LogP contribution is -2.43. The molecule has 8 heteroatoms. The van der Waals surface area contributed by atoms with E-state index in [1.165, 1.54) is 12.5 Å². The quantitative estimate of drug-likeness (QED) is 0.746. The summed E-state index contributed by atoms with van der Waals surface area (Å²) in [6, 6.07) is 5.12. The van der Waals surface area contributed by atoms with Gasteiger partial charge in [0.25, 0.3) is 0 Å². The average molecular weight is 417 g/mol. The van der Waals surface area contributed by atoms with Crippen LogP contribution in [0.15, 0.2) is 22.7 Å². The van der Waals surface area contributed by atoms with E-state index in [-0.39, 0.29) is 24.8 Å². The van der Waals surface area contributed by atoms with E-state index in [0.717, 1.165) is 12.8 Å². The van der Waals surface area contributed by atoms with E-state index in [1.807, 2.05) is 0 Å². The Labute approximate surface area is 170 Å². The van der Waals surface area contributed by atoms with Gasteiger partial charge >= 0.3 is 0 Å². The number of nitrogens with zero attached hydrogens (tertiary/aromatic N) is 3. The molecule has 1 fully saturated rings. The van der Waals surface area contributed by atoms with Crippen molar-refractivity contribution < 1.29 is 8.91 Å². The van der Waals surface area contributed by atoms with Gasteiger partial charge in [0.2, 0.25) is 5.89 Å². The van der Waals surface area contributed by atoms with Crippen LogP contribution >= 0.6 is 24.0 Å². The van der Waals surface area contributed by atoms with Crippen LogP contribution in [0.2, 0.25) is 5.02 Å². The summed E-state index contributed by atoms with van der Waals surface area (Å²) >= 11 is 6.27. The summed E-state index contributed by atoms with van der Waals surface area (Å²) in [6.45, 7) is 5.66. The molecular weight excluding hydrogens is 390 g/mol. The molecule has 0 radical (unpaired) electrons. The zero-order valence-corrected chi connectivity index (χ0v) is 17.3. The normalized spacial score (nSPS) is 22.7. The lowest BCUT2D eigenvalue weighted by molar-refractivity contribution is 0.0651. The molecule has 150 valence electrons. The molecule has 1 aromatic carbocycles. The van der Waals surface area contributed by atoms with Crippen molar-refractivity contribution in [3.8, 4) is 0 Å². The highest BCUT2D eigenvalue weighted by atomic mass is 35.5. The summed E-state index contributed by atoms with van der Waals surface area (Å²) in [7, 11) is 0. The van der Waals surface area contributed by atoms with Gasteiger partial charge in [-0.05, 0) is 30.4 Å². The molecule has 0 spiro atoms. The van der Waals surface area contributed by atoms with Crippen LogP contribution < -0.4 is 5.73 Å². The van der Waals surface area contributed by atoms with E-state index in [2.05, 4.69) is 28.9 Å². The van der Waals surface area contributed by atoms with Crippen molar-refractivity contribution in [2.45, 2.75) is 58.8 Å². The summed E-state index contributed by atoms with van der Waals surface area (Å²) in [5.41, 5.74) is 6.08. The van der Waals surface area contributed by atoms with Crippen molar-refractivity contribution in [2.24, 2.45) is 17.6 Å². The van der Waals surface area contributed by atoms with Crippen molar-refractivity contribution >= 4 is 24.0 Å². The zero-order valence-electron chi connectivity index (χ0n) is 15.7. The highest BCUT2D eigenvalue weighted by Crippen LogP contribution is 2.35. The Morgan fingerprint density at radius 3 is 2.74 bits per heavy atom. The minimum absolute atomic E-state index is 0. The fourth-order valence-electron chi connectivity index (χ4n) is 3.86. The predicted octanol–water partition coefficient (Wildman–Crippen LogP) is 4.57. The highest BCUT2D eigenvalue weighted by Gasteiger charge is 2.33. The Morgan fingerprint density at radius 1 is 1.30 bits per heavy atom. The lowest BCUT2D eigenvalue weighted by atomic mass is 9.77. The molecule has 1 aliphatic carbocycles. The van der Waals surface area contributed by atoms with Crippen molar-refractivity contribution in [2.75, 3.05) is 0 Å². The summed E-state index contributed by atoms with van der Waals surface area (Å²) in [4.78, 5) is 6.55. The monoisotopic (exact) mass is 416 g/mol. The molecule has 1 heterocycles. The Morgan fingerprint density at radius 2 is 2.07 bits per heavy atom. The molecule has 0 bridgehead atoms. The molecule has 3 atom stereocenters. The largest absolute Gasteiger partial charge is 0.338 e. The van der Waals surface area contributed by atoms with E-state index >= 15 is 0 Å². The molecular formula is C19H27Cl2FN4O. The second-order valence-electron chi connectivity index (χ2n) is 7.25. The Bertz CT molecular complexity index is 722. The zero-order chi connectivity index (χ0) is 18.7. The predicted molar refractivity (Wildman–Crippen MR) is 106 cm³/mol. The number of aromatic nitrogens is 2. The molecule has 1 saturated carbocycles. The number of hydrogen-bond donors (Lipinski definition) is 1. The Kier molecular flexibility index (Phi) is 8.04. The Balaban J connectivity index is 0.00000261. The molecule has 3 rings (SSSR count). The first-order valence-electron chi connectivity index (χ1n) is 9.18. The summed E-state index contributed by atoms with van der Waals surface area (Å²) in [6.07, 6.45) is 3.46. The molecule has 0 saturated heterocycles. The van der Waals surface area contributed by atoms with Crippen LogP contribution in [0.3, 0.4) is 0 Å². The standard InChI is InChI=1S/C19H26ClFN4O.ClH/c1-12-5-3-8-17(13(12)2)25(11-18-23-19(9-22)26-24-18)10-14-15(20)6-4-7-16(14)21;/h4,6-7,12-13,17H,3,5,8-11,22H2,1-2H3;1H. The van der Waals surface area contributed by atoms with Gasteiger partial charge in [0, 0.05) is 23.2 Å². The number of rotatable bonds is 6. The molecule has 5 nitrogen and oxygen atoms in total. The van der Waals surface area contributed by atoms with Gasteiger partial charge in [-0.2, -0.15) is 4.98 Å². The molecule has 0 amide bonds. The van der Waals surface area contributed by atoms with Crippen molar-refractivity contribution in [3.63, 3.8) is 0 Å². The van der Waals surface area contributed by atoms with E-state index in [4.69, 9.17) is 21.9 Å². The number of halogens is 3. The second-order valence-corrected chi connectivity index (χ2v) is 7.66. The van der Waals surface area contributed by atoms with Gasteiger partial charge in [-0.1, -0.05) is 49.5 Å². The van der Waals surface area contributed by atoms with E-state index in [9.17, 15) is 4.39 Å². The van der Waals surface area contributed by atoms with Gasteiger partial charge in [0.05, 0.1) is 13.1 Å². The summed E-state index contributed by atoms with van der Waals surface area (Å²) in [5.74, 6) is 1.82. The fourth-order valence-corrected chi connectivity index (χ4v) is 4.09. The van der Waals surface area contributed by atoms with Crippen molar-refractivity contribution in [1.82, 2.24) is 15.0 Å². The van der Waals surface area contributed by atoms with Gasteiger partial charge < -0.3 is 10.3 Å². The smallest absolute Gasteiger partial charge is 0.240 e. The maximum Gasteiger partial charge on any atom is 0.240 e. The average Bonchev–Trinajstić information content (AvgIpc) is 3.07. The molecule has 2 aromatic rings. The molecule has 1 aromatic heterocycles. The lowest BCUT2D eigenvalue weighted by Gasteiger charge is -2.41. The fraction of sp³-hybridized carbons (Fsp3) is 0.579. The van der Waals surface area contributed by atoms with Crippen LogP contribution in [0.5, 0.6) is 0 Å². The van der Waals surface area contributed by atoms with Crippen LogP contribution in [0.4, 0.5) is 4.39 Å². The topological polar surface area (TPSA) is 68.2 Å². The highest BCUT2D eigenvalue weighted by molar-refractivity contribution is 6.31. The maximum absolute atomic E-state index is 14.4. The number of benzene rings is 1. The third-order valence-corrected chi connectivity index (χ3v) is 5.94. The van der Waals surface area contributed by atoms with Gasteiger partial charge in [-0.3, -0.25) is 4.90 Å². The van der Waals surface area contributed by atoms with Crippen molar-refractivity contribution in [1.29, 1.82) is 0 Å². The molecule has 1 aliphatic rings. The Hall–Kier alpha value is -1.21. The van der Waals surface area contributed by atoms with Gasteiger partial charge in [-0.25, -0.2) is 4.39 Å². The summed E-state index contributed by atoms with van der Waals surface area (Å²) in [5, 5.41) is 4.46. The maximum atomic E-state index is 14.4. The second kappa shape index (κ2) is 9.82. The van der Waals surface area contributed by atoms with E-state index in [0.29, 0.717) is 53.3 Å². The van der Waals surface area contributed by atoms with Crippen LogP contribution in [0, 0.1) is 17.7 Å². The van der Waals surface area contributed by atoms with Gasteiger partial charge in [0.1, 0.15) is 5.82 Å². The van der Waals surface area contributed by atoms with Gasteiger partial charge in [0.15, 0.2) is 5.82 Å². The number of nitrogens with two attached hydrogens (primary N) is 1. The molecule has 2 N–H and O–H groups in total. The van der Waals surface area contributed by atoms with Gasteiger partial charge in [-0.15, -0.1) is 12.4 Å². The first-order valence-corrected chi connectivity index (χ1v) is 9.55. The minimum Gasteiger partial charge on any atom is -0.338 e. The van der Waals surface area contributed by atoms with E-state index < -0.39 is 0 Å². The van der Waals surface area contributed by atoms with E-state index in [1.54, 1.807) is 12.1 Å².